The van der Waals surface area contributed by atoms with Crippen molar-refractivity contribution >= 4 is 6.29 Å². The van der Waals surface area contributed by atoms with Gasteiger partial charge in [-0.05, 0) is 24.6 Å². The van der Waals surface area contributed by atoms with Gasteiger partial charge >= 0.3 is 0 Å². The summed E-state index contributed by atoms with van der Waals surface area (Å²) < 4.78 is 0. The maximum absolute atomic E-state index is 11.2. The van der Waals surface area contributed by atoms with Crippen LogP contribution in [0.1, 0.15) is 19.8 Å². The molecule has 0 saturated heterocycles. The number of rotatable bonds is 2. The highest BCUT2D eigenvalue weighted by atomic mass is 16.1. The number of allylic oxidation sites excluding steroid dienone is 9. The molecule has 0 atom stereocenters. The van der Waals surface area contributed by atoms with E-state index in [2.05, 4.69) is 17.6 Å². The fraction of sp³-hybridized carbons (Fsp3) is 0.176. The van der Waals surface area contributed by atoms with E-state index in [9.17, 15) is 4.79 Å². The van der Waals surface area contributed by atoms with Gasteiger partial charge in [0.2, 0.25) is 0 Å². The zero-order valence-electron chi connectivity index (χ0n) is 10.4. The minimum Gasteiger partial charge on any atom is -0.298 e. The van der Waals surface area contributed by atoms with E-state index in [0.29, 0.717) is 18.4 Å². The zero-order chi connectivity index (χ0) is 12.8. The maximum Gasteiger partial charge on any atom is 0.150 e. The van der Waals surface area contributed by atoms with Gasteiger partial charge < -0.3 is 0 Å². The highest BCUT2D eigenvalue weighted by molar-refractivity contribution is 5.84. The van der Waals surface area contributed by atoms with Crippen LogP contribution in [0.4, 0.5) is 0 Å². The van der Waals surface area contributed by atoms with Gasteiger partial charge in [-0.1, -0.05) is 41.7 Å². The highest BCUT2D eigenvalue weighted by Crippen LogP contribution is 2.22. The van der Waals surface area contributed by atoms with E-state index in [0.717, 1.165) is 17.4 Å². The number of hydrogen-bond donors (Lipinski definition) is 0. The first-order chi connectivity index (χ1) is 8.81. The van der Waals surface area contributed by atoms with E-state index in [1.165, 1.54) is 5.57 Å². The first-order valence-corrected chi connectivity index (χ1v) is 5.95. The van der Waals surface area contributed by atoms with Gasteiger partial charge in [0.15, 0.2) is 0 Å². The van der Waals surface area contributed by atoms with Crippen molar-refractivity contribution in [1.82, 2.24) is 0 Å². The second-order valence-corrected chi connectivity index (χ2v) is 4.13. The Hall–Kier alpha value is -2.29. The molecule has 0 spiro atoms. The molecule has 0 aromatic rings. The summed E-state index contributed by atoms with van der Waals surface area (Å²) in [5.41, 5.74) is 6.93. The third-order valence-corrected chi connectivity index (χ3v) is 2.78. The third kappa shape index (κ3) is 2.88. The predicted molar refractivity (Wildman–Crippen MR) is 73.7 cm³/mol. The molecule has 0 aromatic carbocycles. The average Bonchev–Trinajstić information content (AvgIpc) is 2.54. The molecular weight excluding hydrogens is 220 g/mol. The summed E-state index contributed by atoms with van der Waals surface area (Å²) in [5, 5.41) is 0. The summed E-state index contributed by atoms with van der Waals surface area (Å²) in [7, 11) is 0. The van der Waals surface area contributed by atoms with Gasteiger partial charge in [-0.15, -0.1) is 5.73 Å². The molecular formula is C17H14O. The minimum atomic E-state index is 0.628. The molecule has 0 saturated carbocycles. The zero-order valence-corrected chi connectivity index (χ0v) is 10.4. The van der Waals surface area contributed by atoms with Crippen molar-refractivity contribution in [2.24, 2.45) is 0 Å². The molecule has 1 heteroatoms. The third-order valence-electron chi connectivity index (χ3n) is 2.78. The van der Waals surface area contributed by atoms with Gasteiger partial charge in [-0.2, -0.15) is 0 Å². The Balaban J connectivity index is 2.44. The number of aldehydes is 1. The van der Waals surface area contributed by atoms with Crippen molar-refractivity contribution in [1.29, 1.82) is 0 Å². The van der Waals surface area contributed by atoms with Crippen LogP contribution in [0, 0.1) is 11.8 Å². The lowest BCUT2D eigenvalue weighted by Gasteiger charge is -2.07. The molecule has 0 unspecified atom stereocenters. The summed E-state index contributed by atoms with van der Waals surface area (Å²) in [4.78, 5) is 11.2. The van der Waals surface area contributed by atoms with Crippen LogP contribution in [0.2, 0.25) is 0 Å². The van der Waals surface area contributed by atoms with Gasteiger partial charge in [-0.3, -0.25) is 4.79 Å². The fourth-order valence-corrected chi connectivity index (χ4v) is 1.81. The van der Waals surface area contributed by atoms with Crippen LogP contribution in [0.3, 0.4) is 0 Å². The lowest BCUT2D eigenvalue weighted by atomic mass is 9.95. The van der Waals surface area contributed by atoms with E-state index in [1.54, 1.807) is 0 Å². The lowest BCUT2D eigenvalue weighted by Crippen LogP contribution is -1.95. The lowest BCUT2D eigenvalue weighted by molar-refractivity contribution is -0.104. The van der Waals surface area contributed by atoms with Crippen molar-refractivity contribution in [3.63, 3.8) is 0 Å². The Morgan fingerprint density at radius 1 is 1.17 bits per heavy atom. The fourth-order valence-electron chi connectivity index (χ4n) is 1.81. The summed E-state index contributed by atoms with van der Waals surface area (Å²) in [6, 6.07) is 0. The predicted octanol–water partition coefficient (Wildman–Crippen LogP) is 3.43. The molecule has 18 heavy (non-hydrogen) atoms. The normalized spacial score (nSPS) is 23.8. The molecule has 0 fully saturated rings. The molecule has 88 valence electrons. The summed E-state index contributed by atoms with van der Waals surface area (Å²) in [6.07, 6.45) is 14.0. The van der Waals surface area contributed by atoms with Crippen LogP contribution in [0.25, 0.3) is 0 Å². The average molecular weight is 234 g/mol. The van der Waals surface area contributed by atoms with E-state index < -0.39 is 0 Å². The molecule has 0 radical (unpaired) electrons. The number of hydrogen-bond acceptors (Lipinski definition) is 1. The molecule has 2 aliphatic rings. The van der Waals surface area contributed by atoms with Gasteiger partial charge in [0.25, 0.3) is 0 Å². The molecule has 2 rings (SSSR count). The highest BCUT2D eigenvalue weighted by Gasteiger charge is 2.08. The van der Waals surface area contributed by atoms with Crippen LogP contribution in [-0.4, -0.2) is 6.29 Å². The second kappa shape index (κ2) is 5.87. The molecule has 0 aliphatic heterocycles. The number of carbonyl (C=O) groups excluding carboxylic acids is 1. The van der Waals surface area contributed by atoms with Crippen molar-refractivity contribution in [2.45, 2.75) is 19.8 Å². The van der Waals surface area contributed by atoms with Crippen molar-refractivity contribution < 1.29 is 4.79 Å². The Morgan fingerprint density at radius 3 is 2.72 bits per heavy atom. The first-order valence-electron chi connectivity index (χ1n) is 5.95. The minimum absolute atomic E-state index is 0.628. The SMILES string of the molecule is CC1=CC=C=C(C2=C/CC#CC/C=C\2C=O)C=C1. The topological polar surface area (TPSA) is 17.1 Å². The number of carbonyl (C=O) groups is 1. The molecule has 1 nitrogen and oxygen atoms in total. The summed E-state index contributed by atoms with van der Waals surface area (Å²) >= 11 is 0. The Morgan fingerprint density at radius 2 is 1.94 bits per heavy atom. The van der Waals surface area contributed by atoms with Gasteiger partial charge in [0, 0.05) is 24.0 Å². The molecule has 0 N–H and O–H groups in total. The van der Waals surface area contributed by atoms with Crippen LogP contribution in [-0.2, 0) is 4.79 Å². The molecule has 0 amide bonds. The summed E-state index contributed by atoms with van der Waals surface area (Å²) in [5.74, 6) is 6.05. The van der Waals surface area contributed by atoms with Crippen LogP contribution in [0.5, 0.6) is 0 Å². The summed E-state index contributed by atoms with van der Waals surface area (Å²) in [6.45, 7) is 2.03. The Labute approximate surface area is 108 Å². The standard InChI is InChI=1S/C17H14O/c1-14-7-6-9-15(12-11-14)17-10-5-3-2-4-8-16(17)13-18/h6-8,10-13H,4-5H2,1H3/b16-8-,17-10-. The smallest absolute Gasteiger partial charge is 0.150 e. The maximum atomic E-state index is 11.2. The van der Waals surface area contributed by atoms with Crippen molar-refractivity contribution in [2.75, 3.05) is 0 Å². The van der Waals surface area contributed by atoms with Crippen molar-refractivity contribution in [3.8, 4) is 11.8 Å². The largest absolute Gasteiger partial charge is 0.298 e. The monoisotopic (exact) mass is 234 g/mol. The van der Waals surface area contributed by atoms with E-state index in [-0.39, 0.29) is 0 Å². The van der Waals surface area contributed by atoms with Crippen LogP contribution in [0.15, 0.2) is 64.5 Å². The quantitative estimate of drug-likeness (QED) is 0.406. The van der Waals surface area contributed by atoms with Gasteiger partial charge in [-0.25, -0.2) is 0 Å². The van der Waals surface area contributed by atoms with Gasteiger partial charge in [0.1, 0.15) is 6.29 Å². The van der Waals surface area contributed by atoms with Gasteiger partial charge in [0.05, 0.1) is 0 Å². The van der Waals surface area contributed by atoms with Crippen LogP contribution >= 0.6 is 0 Å². The Bertz CT molecular complexity index is 604. The van der Waals surface area contributed by atoms with E-state index >= 15 is 0 Å². The molecule has 0 aromatic heterocycles. The Kier molecular flexibility index (Phi) is 3.97. The molecule has 0 bridgehead atoms. The van der Waals surface area contributed by atoms with Crippen LogP contribution < -0.4 is 0 Å². The second-order valence-electron chi connectivity index (χ2n) is 4.13. The van der Waals surface area contributed by atoms with E-state index in [4.69, 9.17) is 0 Å². The molecule has 0 heterocycles. The van der Waals surface area contributed by atoms with Crippen molar-refractivity contribution in [3.05, 3.63) is 64.5 Å². The molecule has 2 aliphatic carbocycles. The van der Waals surface area contributed by atoms with E-state index in [1.807, 2.05) is 43.4 Å². The first kappa shape index (κ1) is 12.2.